The van der Waals surface area contributed by atoms with Gasteiger partial charge >= 0.3 is 0 Å². The van der Waals surface area contributed by atoms with E-state index < -0.39 is 11.5 Å². The molecule has 1 saturated heterocycles. The molecule has 1 aliphatic heterocycles. The van der Waals surface area contributed by atoms with E-state index in [-0.39, 0.29) is 18.9 Å². The lowest BCUT2D eigenvalue weighted by Gasteiger charge is -2.19. The SMILES string of the molecule is CC(=O)Nc1ncc(CN2CC[C@](F)(Cc3ncc(F)cn3)C2)s1. The van der Waals surface area contributed by atoms with Gasteiger partial charge in [-0.05, 0) is 6.42 Å². The van der Waals surface area contributed by atoms with Gasteiger partial charge in [0, 0.05) is 44.1 Å². The van der Waals surface area contributed by atoms with Crippen molar-refractivity contribution < 1.29 is 13.6 Å². The van der Waals surface area contributed by atoms with E-state index in [2.05, 4.69) is 20.3 Å². The molecule has 0 spiro atoms. The van der Waals surface area contributed by atoms with Crippen molar-refractivity contribution in [2.24, 2.45) is 0 Å². The molecule has 1 amide bonds. The second-order valence-corrected chi connectivity index (χ2v) is 7.03. The molecule has 1 atom stereocenters. The van der Waals surface area contributed by atoms with Crippen LogP contribution in [0.3, 0.4) is 0 Å². The Morgan fingerprint density at radius 1 is 1.38 bits per heavy atom. The Morgan fingerprint density at radius 2 is 2.12 bits per heavy atom. The van der Waals surface area contributed by atoms with Crippen LogP contribution in [0.2, 0.25) is 0 Å². The van der Waals surface area contributed by atoms with E-state index in [0.29, 0.717) is 30.5 Å². The normalized spacial score (nSPS) is 21.1. The van der Waals surface area contributed by atoms with Crippen LogP contribution < -0.4 is 5.32 Å². The number of carbonyl (C=O) groups is 1. The molecule has 3 heterocycles. The Labute approximate surface area is 142 Å². The predicted molar refractivity (Wildman–Crippen MR) is 85.8 cm³/mol. The van der Waals surface area contributed by atoms with Gasteiger partial charge < -0.3 is 5.32 Å². The molecule has 128 valence electrons. The average Bonchev–Trinajstić information content (AvgIpc) is 3.08. The lowest BCUT2D eigenvalue weighted by atomic mass is 10.0. The van der Waals surface area contributed by atoms with E-state index in [1.165, 1.54) is 18.3 Å². The summed E-state index contributed by atoms with van der Waals surface area (Å²) >= 11 is 1.38. The Bertz CT molecular complexity index is 723. The third-order valence-electron chi connectivity index (χ3n) is 3.75. The van der Waals surface area contributed by atoms with E-state index in [1.807, 2.05) is 4.90 Å². The Morgan fingerprint density at radius 3 is 2.83 bits per heavy atom. The third-order valence-corrected chi connectivity index (χ3v) is 4.65. The van der Waals surface area contributed by atoms with E-state index >= 15 is 0 Å². The van der Waals surface area contributed by atoms with E-state index in [1.54, 1.807) is 6.20 Å². The molecular weight excluding hydrogens is 336 g/mol. The lowest BCUT2D eigenvalue weighted by molar-refractivity contribution is -0.114. The molecule has 0 aromatic carbocycles. The molecule has 0 unspecified atom stereocenters. The van der Waals surface area contributed by atoms with Crippen molar-refractivity contribution in [2.45, 2.75) is 32.0 Å². The summed E-state index contributed by atoms with van der Waals surface area (Å²) in [7, 11) is 0. The summed E-state index contributed by atoms with van der Waals surface area (Å²) in [5, 5.41) is 3.18. The zero-order valence-electron chi connectivity index (χ0n) is 13.1. The van der Waals surface area contributed by atoms with Crippen LogP contribution in [-0.2, 0) is 17.8 Å². The van der Waals surface area contributed by atoms with Crippen LogP contribution in [0.1, 0.15) is 24.0 Å². The van der Waals surface area contributed by atoms with Crippen LogP contribution in [0, 0.1) is 5.82 Å². The highest BCUT2D eigenvalue weighted by Crippen LogP contribution is 2.30. The number of nitrogens with one attached hydrogen (secondary N) is 1. The molecule has 0 bridgehead atoms. The van der Waals surface area contributed by atoms with Crippen molar-refractivity contribution in [3.8, 4) is 0 Å². The smallest absolute Gasteiger partial charge is 0.223 e. The minimum atomic E-state index is -1.41. The second-order valence-electron chi connectivity index (χ2n) is 5.92. The van der Waals surface area contributed by atoms with Gasteiger partial charge in [-0.25, -0.2) is 23.7 Å². The van der Waals surface area contributed by atoms with Gasteiger partial charge in [0.05, 0.1) is 12.4 Å². The van der Waals surface area contributed by atoms with Gasteiger partial charge in [0.2, 0.25) is 5.91 Å². The molecule has 1 N–H and O–H groups in total. The van der Waals surface area contributed by atoms with Crippen LogP contribution in [0.5, 0.6) is 0 Å². The highest BCUT2D eigenvalue weighted by molar-refractivity contribution is 7.15. The molecule has 1 aliphatic rings. The Kier molecular flexibility index (Phi) is 4.81. The number of alkyl halides is 1. The third kappa shape index (κ3) is 4.30. The quantitative estimate of drug-likeness (QED) is 0.892. The van der Waals surface area contributed by atoms with Gasteiger partial charge in [0.1, 0.15) is 11.5 Å². The van der Waals surface area contributed by atoms with Crippen LogP contribution >= 0.6 is 11.3 Å². The maximum atomic E-state index is 14.9. The first-order chi connectivity index (χ1) is 11.4. The summed E-state index contributed by atoms with van der Waals surface area (Å²) < 4.78 is 27.8. The number of hydrogen-bond acceptors (Lipinski definition) is 6. The van der Waals surface area contributed by atoms with Crippen molar-refractivity contribution in [3.63, 3.8) is 0 Å². The van der Waals surface area contributed by atoms with Gasteiger partial charge in [-0.1, -0.05) is 0 Å². The number of aromatic nitrogens is 3. The monoisotopic (exact) mass is 353 g/mol. The number of carbonyl (C=O) groups excluding carboxylic acids is 1. The van der Waals surface area contributed by atoms with Crippen molar-refractivity contribution in [2.75, 3.05) is 18.4 Å². The molecule has 0 aliphatic carbocycles. The summed E-state index contributed by atoms with van der Waals surface area (Å²) in [5.41, 5.74) is -1.41. The molecule has 3 rings (SSSR count). The highest BCUT2D eigenvalue weighted by Gasteiger charge is 2.39. The maximum Gasteiger partial charge on any atom is 0.223 e. The second kappa shape index (κ2) is 6.86. The molecule has 0 radical (unpaired) electrons. The molecule has 9 heteroatoms. The topological polar surface area (TPSA) is 71.0 Å². The number of halogens is 2. The van der Waals surface area contributed by atoms with Gasteiger partial charge in [-0.15, -0.1) is 11.3 Å². The van der Waals surface area contributed by atoms with Crippen LogP contribution in [0.4, 0.5) is 13.9 Å². The minimum absolute atomic E-state index is 0.0730. The van der Waals surface area contributed by atoms with Crippen LogP contribution in [0.15, 0.2) is 18.6 Å². The Balaban J connectivity index is 1.57. The molecule has 2 aromatic rings. The van der Waals surface area contributed by atoms with Crippen LogP contribution in [-0.4, -0.2) is 44.5 Å². The first kappa shape index (κ1) is 16.8. The largest absolute Gasteiger partial charge is 0.302 e. The summed E-state index contributed by atoms with van der Waals surface area (Å²) in [5.74, 6) is -0.384. The average molecular weight is 353 g/mol. The molecule has 0 saturated carbocycles. The van der Waals surface area contributed by atoms with E-state index in [9.17, 15) is 13.6 Å². The van der Waals surface area contributed by atoms with Crippen molar-refractivity contribution in [1.82, 2.24) is 19.9 Å². The zero-order valence-corrected chi connectivity index (χ0v) is 13.9. The lowest BCUT2D eigenvalue weighted by Crippen LogP contribution is -2.31. The number of thiazole rings is 1. The number of anilines is 1. The summed E-state index contributed by atoms with van der Waals surface area (Å²) in [6.45, 7) is 2.88. The fraction of sp³-hybridized carbons (Fsp3) is 0.467. The predicted octanol–water partition coefficient (Wildman–Crippen LogP) is 2.19. The van der Waals surface area contributed by atoms with Crippen molar-refractivity contribution >= 4 is 22.4 Å². The number of rotatable bonds is 5. The fourth-order valence-corrected chi connectivity index (χ4v) is 3.62. The molecule has 2 aromatic heterocycles. The highest BCUT2D eigenvalue weighted by atomic mass is 32.1. The first-order valence-corrected chi connectivity index (χ1v) is 8.33. The minimum Gasteiger partial charge on any atom is -0.302 e. The number of likely N-dealkylation sites (tertiary alicyclic amines) is 1. The number of hydrogen-bond donors (Lipinski definition) is 1. The summed E-state index contributed by atoms with van der Waals surface area (Å²) in [4.78, 5) is 25.8. The van der Waals surface area contributed by atoms with E-state index in [0.717, 1.165) is 17.3 Å². The van der Waals surface area contributed by atoms with Gasteiger partial charge in [0.25, 0.3) is 0 Å². The van der Waals surface area contributed by atoms with Gasteiger partial charge in [-0.3, -0.25) is 9.69 Å². The van der Waals surface area contributed by atoms with Crippen molar-refractivity contribution in [1.29, 1.82) is 0 Å². The van der Waals surface area contributed by atoms with Crippen LogP contribution in [0.25, 0.3) is 0 Å². The zero-order chi connectivity index (χ0) is 17.2. The van der Waals surface area contributed by atoms with Gasteiger partial charge in [0.15, 0.2) is 10.9 Å². The Hall–Kier alpha value is -2.00. The molecule has 1 fully saturated rings. The first-order valence-electron chi connectivity index (χ1n) is 7.52. The fourth-order valence-electron chi connectivity index (χ4n) is 2.72. The standard InChI is InChI=1S/C15H17F2N5OS/c1-10(23)21-14-20-7-12(24-14)8-22-3-2-15(17,9-22)4-13-18-5-11(16)6-19-13/h5-7H,2-4,8-9H2,1H3,(H,20,21,23)/t15-/m0/s1. The maximum absolute atomic E-state index is 14.9. The summed E-state index contributed by atoms with van der Waals surface area (Å²) in [6, 6.07) is 0. The number of nitrogens with zero attached hydrogens (tertiary/aromatic N) is 4. The molecule has 24 heavy (non-hydrogen) atoms. The molecular formula is C15H17F2N5OS. The summed E-state index contributed by atoms with van der Waals surface area (Å²) in [6.07, 6.45) is 4.25. The van der Waals surface area contributed by atoms with Gasteiger partial charge in [-0.2, -0.15) is 0 Å². The van der Waals surface area contributed by atoms with E-state index in [4.69, 9.17) is 0 Å². The van der Waals surface area contributed by atoms with Crippen molar-refractivity contribution in [3.05, 3.63) is 35.1 Å². The molecule has 6 nitrogen and oxygen atoms in total. The number of amides is 1.